The summed E-state index contributed by atoms with van der Waals surface area (Å²) in [5.41, 5.74) is 3.64. The van der Waals surface area contributed by atoms with Crippen LogP contribution in [0.25, 0.3) is 0 Å². The second kappa shape index (κ2) is 8.25. The van der Waals surface area contributed by atoms with Crippen molar-refractivity contribution in [3.05, 3.63) is 71.8 Å². The summed E-state index contributed by atoms with van der Waals surface area (Å²) in [6.45, 7) is 4.52. The van der Waals surface area contributed by atoms with Crippen LogP contribution in [0.15, 0.2) is 65.8 Å². The average Bonchev–Trinajstić information content (AvgIpc) is 2.52. The van der Waals surface area contributed by atoms with Crippen molar-refractivity contribution in [1.29, 1.82) is 0 Å². The van der Waals surface area contributed by atoms with Gasteiger partial charge in [0, 0.05) is 5.92 Å². The molecule has 2 aromatic carbocycles. The summed E-state index contributed by atoms with van der Waals surface area (Å²) in [6, 6.07) is 21.1. The maximum absolute atomic E-state index is 5.49. The van der Waals surface area contributed by atoms with Crippen molar-refractivity contribution in [2.45, 2.75) is 32.6 Å². The molecule has 0 aliphatic heterocycles. The fourth-order valence-corrected chi connectivity index (χ4v) is 2.31. The summed E-state index contributed by atoms with van der Waals surface area (Å²) in [6.07, 6.45) is 2.12. The lowest BCUT2D eigenvalue weighted by atomic mass is 9.93. The first-order chi connectivity index (χ1) is 10.3. The smallest absolute Gasteiger partial charge is 0.124 e. The van der Waals surface area contributed by atoms with E-state index in [4.69, 9.17) is 4.84 Å². The number of hydrogen-bond donors (Lipinski definition) is 0. The van der Waals surface area contributed by atoms with E-state index < -0.39 is 0 Å². The highest BCUT2D eigenvalue weighted by molar-refractivity contribution is 5.78. The van der Waals surface area contributed by atoms with Gasteiger partial charge < -0.3 is 4.84 Å². The fourth-order valence-electron chi connectivity index (χ4n) is 2.31. The Morgan fingerprint density at radius 2 is 1.57 bits per heavy atom. The molecule has 0 saturated carbocycles. The predicted molar refractivity (Wildman–Crippen MR) is 88.7 cm³/mol. The van der Waals surface area contributed by atoms with Gasteiger partial charge in [0.2, 0.25) is 0 Å². The van der Waals surface area contributed by atoms with Gasteiger partial charge in [-0.2, -0.15) is 0 Å². The van der Waals surface area contributed by atoms with E-state index >= 15 is 0 Å². The number of aryl methyl sites for hydroxylation is 1. The average molecular weight is 281 g/mol. The standard InChI is InChI=1S/C19H23NO/c1-16(2)20-21-15-19(18-11-7-4-8-12-18)14-13-17-9-5-3-6-10-17/h3-12,19H,13-15H2,1-2H3/t19-/m1/s1. The molecule has 0 fully saturated rings. The molecule has 21 heavy (non-hydrogen) atoms. The van der Waals surface area contributed by atoms with Crippen molar-refractivity contribution in [2.75, 3.05) is 6.61 Å². The summed E-state index contributed by atoms with van der Waals surface area (Å²) in [7, 11) is 0. The molecule has 2 heteroatoms. The minimum Gasteiger partial charge on any atom is -0.395 e. The molecule has 0 aliphatic carbocycles. The molecule has 2 nitrogen and oxygen atoms in total. The second-order valence-corrected chi connectivity index (χ2v) is 5.47. The van der Waals surface area contributed by atoms with Crippen molar-refractivity contribution in [2.24, 2.45) is 5.16 Å². The van der Waals surface area contributed by atoms with E-state index in [9.17, 15) is 0 Å². The number of hydrogen-bond acceptors (Lipinski definition) is 2. The van der Waals surface area contributed by atoms with Crippen molar-refractivity contribution in [1.82, 2.24) is 0 Å². The van der Waals surface area contributed by atoms with Gasteiger partial charge in [-0.3, -0.25) is 0 Å². The number of oxime groups is 1. The van der Waals surface area contributed by atoms with Crippen LogP contribution in [0.2, 0.25) is 0 Å². The van der Waals surface area contributed by atoms with Gasteiger partial charge >= 0.3 is 0 Å². The van der Waals surface area contributed by atoms with E-state index in [0.29, 0.717) is 12.5 Å². The van der Waals surface area contributed by atoms with Crippen molar-refractivity contribution in [3.8, 4) is 0 Å². The van der Waals surface area contributed by atoms with Crippen LogP contribution in [0, 0.1) is 0 Å². The van der Waals surface area contributed by atoms with Gasteiger partial charge in [-0.05, 0) is 37.8 Å². The summed E-state index contributed by atoms with van der Waals surface area (Å²) in [4.78, 5) is 5.49. The molecule has 2 rings (SSSR count). The van der Waals surface area contributed by atoms with Crippen molar-refractivity contribution >= 4 is 5.71 Å². The topological polar surface area (TPSA) is 21.6 Å². The molecule has 0 aromatic heterocycles. The molecule has 0 bridgehead atoms. The molecule has 0 radical (unpaired) electrons. The third kappa shape index (κ3) is 5.42. The van der Waals surface area contributed by atoms with Crippen LogP contribution in [-0.2, 0) is 11.3 Å². The van der Waals surface area contributed by atoms with Crippen LogP contribution >= 0.6 is 0 Å². The van der Waals surface area contributed by atoms with E-state index in [0.717, 1.165) is 18.6 Å². The zero-order valence-corrected chi connectivity index (χ0v) is 12.8. The number of benzene rings is 2. The summed E-state index contributed by atoms with van der Waals surface area (Å²) in [5, 5.41) is 4.06. The molecule has 0 unspecified atom stereocenters. The Morgan fingerprint density at radius 1 is 0.952 bits per heavy atom. The summed E-state index contributed by atoms with van der Waals surface area (Å²) < 4.78 is 0. The Balaban J connectivity index is 2.00. The fraction of sp³-hybridized carbons (Fsp3) is 0.316. The van der Waals surface area contributed by atoms with Gasteiger partial charge in [0.1, 0.15) is 6.61 Å². The minimum atomic E-state index is 0.370. The van der Waals surface area contributed by atoms with Crippen LogP contribution in [0.4, 0.5) is 0 Å². The Morgan fingerprint density at radius 3 is 2.19 bits per heavy atom. The first kappa shape index (κ1) is 15.3. The number of nitrogens with zero attached hydrogens (tertiary/aromatic N) is 1. The van der Waals surface area contributed by atoms with Gasteiger partial charge in [0.25, 0.3) is 0 Å². The lowest BCUT2D eigenvalue weighted by Gasteiger charge is -2.16. The zero-order valence-electron chi connectivity index (χ0n) is 12.8. The van der Waals surface area contributed by atoms with Crippen LogP contribution < -0.4 is 0 Å². The summed E-state index contributed by atoms with van der Waals surface area (Å²) >= 11 is 0. The van der Waals surface area contributed by atoms with Gasteiger partial charge in [0.05, 0.1) is 5.71 Å². The third-order valence-corrected chi connectivity index (χ3v) is 3.42. The van der Waals surface area contributed by atoms with Crippen LogP contribution in [0.3, 0.4) is 0 Å². The number of rotatable bonds is 7. The highest BCUT2D eigenvalue weighted by Gasteiger charge is 2.12. The van der Waals surface area contributed by atoms with Crippen LogP contribution in [0.1, 0.15) is 37.3 Å². The maximum Gasteiger partial charge on any atom is 0.124 e. The van der Waals surface area contributed by atoms with Crippen molar-refractivity contribution < 1.29 is 4.84 Å². The largest absolute Gasteiger partial charge is 0.395 e. The first-order valence-corrected chi connectivity index (χ1v) is 7.47. The van der Waals surface area contributed by atoms with E-state index in [1.165, 1.54) is 11.1 Å². The highest BCUT2D eigenvalue weighted by Crippen LogP contribution is 2.22. The van der Waals surface area contributed by atoms with Gasteiger partial charge in [-0.25, -0.2) is 0 Å². The molecule has 2 aromatic rings. The van der Waals surface area contributed by atoms with E-state index in [1.807, 2.05) is 19.9 Å². The van der Waals surface area contributed by atoms with Gasteiger partial charge in [-0.15, -0.1) is 0 Å². The monoisotopic (exact) mass is 281 g/mol. The quantitative estimate of drug-likeness (QED) is 0.527. The highest BCUT2D eigenvalue weighted by atomic mass is 16.6. The maximum atomic E-state index is 5.49. The molecule has 0 spiro atoms. The molecular weight excluding hydrogens is 258 g/mol. The zero-order chi connectivity index (χ0) is 14.9. The van der Waals surface area contributed by atoms with Crippen LogP contribution in [0.5, 0.6) is 0 Å². The molecule has 0 saturated heterocycles. The molecule has 0 heterocycles. The normalized spacial score (nSPS) is 11.7. The van der Waals surface area contributed by atoms with Crippen molar-refractivity contribution in [3.63, 3.8) is 0 Å². The minimum absolute atomic E-state index is 0.370. The lowest BCUT2D eigenvalue weighted by Crippen LogP contribution is -2.08. The Hall–Kier alpha value is -2.09. The van der Waals surface area contributed by atoms with Gasteiger partial charge in [0.15, 0.2) is 0 Å². The molecule has 0 N–H and O–H groups in total. The molecule has 0 amide bonds. The van der Waals surface area contributed by atoms with Gasteiger partial charge in [-0.1, -0.05) is 65.8 Å². The summed E-state index contributed by atoms with van der Waals surface area (Å²) in [5.74, 6) is 0.370. The molecule has 110 valence electrons. The lowest BCUT2D eigenvalue weighted by molar-refractivity contribution is 0.126. The predicted octanol–water partition coefficient (Wildman–Crippen LogP) is 4.82. The first-order valence-electron chi connectivity index (χ1n) is 7.47. The second-order valence-electron chi connectivity index (χ2n) is 5.47. The van der Waals surface area contributed by atoms with E-state index in [-0.39, 0.29) is 0 Å². The molecular formula is C19H23NO. The van der Waals surface area contributed by atoms with Crippen LogP contribution in [-0.4, -0.2) is 12.3 Å². The molecule has 0 aliphatic rings. The SMILES string of the molecule is CC(C)=NOC[C@@H](CCc1ccccc1)c1ccccc1. The third-order valence-electron chi connectivity index (χ3n) is 3.42. The Kier molecular flexibility index (Phi) is 6.01. The van der Waals surface area contributed by atoms with E-state index in [1.54, 1.807) is 0 Å². The Bertz CT molecular complexity index is 544. The van der Waals surface area contributed by atoms with E-state index in [2.05, 4.69) is 59.8 Å². The Labute approximate surface area is 127 Å². The molecule has 1 atom stereocenters.